The molecule has 4 rings (SSSR count). The Morgan fingerprint density at radius 1 is 1.25 bits per heavy atom. The number of oxazole rings is 1. The molecule has 3 heterocycles. The van der Waals surface area contributed by atoms with Gasteiger partial charge in [-0.05, 0) is 13.0 Å². The number of aromatic nitrogens is 4. The highest BCUT2D eigenvalue weighted by molar-refractivity contribution is 5.80. The van der Waals surface area contributed by atoms with Gasteiger partial charge in [-0.15, -0.1) is 10.2 Å². The Kier molecular flexibility index (Phi) is 6.16. The standard InChI is InChI=1S/C23H31N7O2/c1-15-28-29-20(30(15)5)13-25-22(26-14-21-24-12-19(32-21)23(2,3)4)27-17-10-11-31-18-9-7-6-8-16(17)18/h6-9,12,17H,10-11,13-14H2,1-5H3,(H2,25,26,27). The van der Waals surface area contributed by atoms with Gasteiger partial charge in [0.25, 0.3) is 0 Å². The second kappa shape index (κ2) is 9.02. The second-order valence-electron chi connectivity index (χ2n) is 8.98. The highest BCUT2D eigenvalue weighted by Crippen LogP contribution is 2.31. The van der Waals surface area contributed by atoms with Crippen LogP contribution in [0.2, 0.25) is 0 Å². The Hall–Kier alpha value is -3.36. The van der Waals surface area contributed by atoms with Crippen molar-refractivity contribution in [2.75, 3.05) is 6.61 Å². The first kappa shape index (κ1) is 21.9. The number of nitrogens with zero attached hydrogens (tertiary/aromatic N) is 5. The fourth-order valence-corrected chi connectivity index (χ4v) is 3.45. The molecule has 0 amide bonds. The summed E-state index contributed by atoms with van der Waals surface area (Å²) in [5, 5.41) is 15.2. The van der Waals surface area contributed by atoms with Crippen LogP contribution in [0.5, 0.6) is 5.75 Å². The fourth-order valence-electron chi connectivity index (χ4n) is 3.45. The number of nitrogens with one attached hydrogen (secondary N) is 2. The van der Waals surface area contributed by atoms with Crippen LogP contribution in [0.15, 0.2) is 39.9 Å². The molecule has 1 aromatic carbocycles. The van der Waals surface area contributed by atoms with Crippen molar-refractivity contribution >= 4 is 5.96 Å². The summed E-state index contributed by atoms with van der Waals surface area (Å²) in [6, 6.07) is 8.17. The normalized spacial score (nSPS) is 16.4. The molecule has 0 radical (unpaired) electrons. The molecule has 0 saturated carbocycles. The van der Waals surface area contributed by atoms with Crippen LogP contribution in [0.1, 0.15) is 62.1 Å². The van der Waals surface area contributed by atoms with Gasteiger partial charge in [0.15, 0.2) is 11.8 Å². The number of hydrogen-bond acceptors (Lipinski definition) is 6. The third-order valence-electron chi connectivity index (χ3n) is 5.53. The first-order valence-electron chi connectivity index (χ1n) is 10.9. The van der Waals surface area contributed by atoms with E-state index in [1.807, 2.05) is 36.7 Å². The van der Waals surface area contributed by atoms with Gasteiger partial charge in [-0.3, -0.25) is 0 Å². The van der Waals surface area contributed by atoms with E-state index < -0.39 is 0 Å². The molecule has 0 spiro atoms. The molecule has 0 saturated heterocycles. The van der Waals surface area contributed by atoms with Gasteiger partial charge in [-0.1, -0.05) is 39.0 Å². The molecule has 0 aliphatic carbocycles. The number of para-hydroxylation sites is 1. The lowest BCUT2D eigenvalue weighted by molar-refractivity contribution is 0.261. The van der Waals surface area contributed by atoms with Gasteiger partial charge >= 0.3 is 0 Å². The number of benzene rings is 1. The van der Waals surface area contributed by atoms with E-state index >= 15 is 0 Å². The van der Waals surface area contributed by atoms with Crippen LogP contribution in [0, 0.1) is 6.92 Å². The molecule has 2 N–H and O–H groups in total. The highest BCUT2D eigenvalue weighted by Gasteiger charge is 2.23. The third-order valence-corrected chi connectivity index (χ3v) is 5.53. The molecule has 9 nitrogen and oxygen atoms in total. The summed E-state index contributed by atoms with van der Waals surface area (Å²) < 4.78 is 13.7. The lowest BCUT2D eigenvalue weighted by Gasteiger charge is -2.28. The minimum Gasteiger partial charge on any atom is -0.493 e. The first-order chi connectivity index (χ1) is 15.3. The maximum absolute atomic E-state index is 5.93. The predicted octanol–water partition coefficient (Wildman–Crippen LogP) is 3.17. The van der Waals surface area contributed by atoms with Crippen LogP contribution < -0.4 is 15.4 Å². The third kappa shape index (κ3) is 4.92. The second-order valence-corrected chi connectivity index (χ2v) is 8.98. The fraction of sp³-hybridized carbons (Fsp3) is 0.478. The molecule has 1 atom stereocenters. The number of rotatable bonds is 5. The highest BCUT2D eigenvalue weighted by atomic mass is 16.5. The van der Waals surface area contributed by atoms with E-state index in [1.165, 1.54) is 0 Å². The summed E-state index contributed by atoms with van der Waals surface area (Å²) >= 11 is 0. The average molecular weight is 438 g/mol. The van der Waals surface area contributed by atoms with Crippen LogP contribution in [0.3, 0.4) is 0 Å². The van der Waals surface area contributed by atoms with E-state index in [0.29, 0.717) is 31.5 Å². The van der Waals surface area contributed by atoms with Crippen LogP contribution in [-0.2, 0) is 25.6 Å². The molecule has 1 aliphatic heterocycles. The number of hydrogen-bond donors (Lipinski definition) is 2. The van der Waals surface area contributed by atoms with Crippen molar-refractivity contribution in [2.45, 2.75) is 58.7 Å². The van der Waals surface area contributed by atoms with E-state index in [-0.39, 0.29) is 11.5 Å². The molecule has 32 heavy (non-hydrogen) atoms. The summed E-state index contributed by atoms with van der Waals surface area (Å²) in [6.45, 7) is 9.70. The van der Waals surface area contributed by atoms with Gasteiger partial charge in [0.2, 0.25) is 5.89 Å². The van der Waals surface area contributed by atoms with E-state index in [2.05, 4.69) is 52.7 Å². The van der Waals surface area contributed by atoms with Crippen molar-refractivity contribution in [1.29, 1.82) is 0 Å². The SMILES string of the molecule is Cc1nnc(CN=C(NCc2ncc(C(C)(C)C)o2)NC2CCOc3ccccc32)n1C. The Bertz CT molecular complexity index is 1090. The van der Waals surface area contributed by atoms with Crippen molar-refractivity contribution in [3.8, 4) is 5.75 Å². The van der Waals surface area contributed by atoms with E-state index in [0.717, 1.165) is 35.1 Å². The smallest absolute Gasteiger partial charge is 0.213 e. The molecular weight excluding hydrogens is 406 g/mol. The first-order valence-corrected chi connectivity index (χ1v) is 10.9. The van der Waals surface area contributed by atoms with Crippen LogP contribution in [0.4, 0.5) is 0 Å². The summed E-state index contributed by atoms with van der Waals surface area (Å²) in [5.41, 5.74) is 1.03. The molecule has 1 unspecified atom stereocenters. The number of aryl methyl sites for hydroxylation is 1. The summed E-state index contributed by atoms with van der Waals surface area (Å²) in [5.74, 6) is 4.68. The quantitative estimate of drug-likeness (QED) is 0.467. The molecule has 170 valence electrons. The Labute approximate surface area is 188 Å². The molecule has 2 aromatic heterocycles. The zero-order valence-corrected chi connectivity index (χ0v) is 19.3. The minimum absolute atomic E-state index is 0.0853. The van der Waals surface area contributed by atoms with E-state index in [4.69, 9.17) is 14.1 Å². The maximum Gasteiger partial charge on any atom is 0.213 e. The van der Waals surface area contributed by atoms with Gasteiger partial charge < -0.3 is 24.4 Å². The zero-order valence-electron chi connectivity index (χ0n) is 19.3. The minimum atomic E-state index is -0.0880. The van der Waals surface area contributed by atoms with Crippen LogP contribution >= 0.6 is 0 Å². The maximum atomic E-state index is 5.93. The van der Waals surface area contributed by atoms with Gasteiger partial charge in [0.05, 0.1) is 25.4 Å². The number of guanidine groups is 1. The molecule has 3 aromatic rings. The lowest BCUT2D eigenvalue weighted by atomic mass is 9.94. The van der Waals surface area contributed by atoms with Gasteiger partial charge in [-0.25, -0.2) is 9.98 Å². The Morgan fingerprint density at radius 2 is 2.06 bits per heavy atom. The molecule has 0 fully saturated rings. The van der Waals surface area contributed by atoms with Crippen molar-refractivity contribution < 1.29 is 9.15 Å². The van der Waals surface area contributed by atoms with Crippen molar-refractivity contribution in [3.05, 3.63) is 59.3 Å². The summed E-state index contributed by atoms with van der Waals surface area (Å²) in [6.07, 6.45) is 2.63. The largest absolute Gasteiger partial charge is 0.493 e. The van der Waals surface area contributed by atoms with Crippen LogP contribution in [-0.4, -0.2) is 32.3 Å². The monoisotopic (exact) mass is 437 g/mol. The lowest BCUT2D eigenvalue weighted by Crippen LogP contribution is -2.41. The molecule has 0 bridgehead atoms. The van der Waals surface area contributed by atoms with Crippen LogP contribution in [0.25, 0.3) is 0 Å². The summed E-state index contributed by atoms with van der Waals surface area (Å²) in [4.78, 5) is 9.18. The Morgan fingerprint density at radius 3 is 2.78 bits per heavy atom. The molecular formula is C23H31N7O2. The topological polar surface area (TPSA) is 102 Å². The van der Waals surface area contributed by atoms with Gasteiger partial charge in [0, 0.05) is 24.4 Å². The number of fused-ring (bicyclic) bond motifs is 1. The average Bonchev–Trinajstić information content (AvgIpc) is 3.38. The molecule has 9 heteroatoms. The Balaban J connectivity index is 1.52. The van der Waals surface area contributed by atoms with Crippen molar-refractivity contribution in [1.82, 2.24) is 30.4 Å². The van der Waals surface area contributed by atoms with Crippen molar-refractivity contribution in [3.63, 3.8) is 0 Å². The van der Waals surface area contributed by atoms with E-state index in [9.17, 15) is 0 Å². The summed E-state index contributed by atoms with van der Waals surface area (Å²) in [7, 11) is 1.94. The number of ether oxygens (including phenoxy) is 1. The number of aliphatic imine (C=N–C) groups is 1. The zero-order chi connectivity index (χ0) is 22.7. The van der Waals surface area contributed by atoms with E-state index in [1.54, 1.807) is 6.20 Å². The molecule has 1 aliphatic rings. The van der Waals surface area contributed by atoms with Gasteiger partial charge in [0.1, 0.15) is 23.9 Å². The predicted molar refractivity (Wildman–Crippen MR) is 121 cm³/mol. The van der Waals surface area contributed by atoms with Crippen molar-refractivity contribution in [2.24, 2.45) is 12.0 Å². The van der Waals surface area contributed by atoms with Gasteiger partial charge in [-0.2, -0.15) is 0 Å².